The molecule has 0 spiro atoms. The van der Waals surface area contributed by atoms with Crippen LogP contribution in [-0.4, -0.2) is 37.2 Å². The molecule has 0 heterocycles. The van der Waals surface area contributed by atoms with Crippen LogP contribution < -0.4 is 0 Å². The summed E-state index contributed by atoms with van der Waals surface area (Å²) in [5.41, 5.74) is 0. The number of hydrogen-bond acceptors (Lipinski definition) is 6. The Kier molecular flexibility index (Phi) is 46.5. The van der Waals surface area contributed by atoms with Gasteiger partial charge in [-0.3, -0.25) is 14.4 Å². The molecule has 6 nitrogen and oxygen atoms in total. The molecule has 61 heavy (non-hydrogen) atoms. The lowest BCUT2D eigenvalue weighted by Gasteiger charge is -2.18. The smallest absolute Gasteiger partial charge is 0.306 e. The highest BCUT2D eigenvalue weighted by molar-refractivity contribution is 5.71. The molecule has 0 aliphatic rings. The van der Waals surface area contributed by atoms with Crippen LogP contribution in [-0.2, 0) is 28.6 Å². The molecule has 0 fully saturated rings. The van der Waals surface area contributed by atoms with Crippen molar-refractivity contribution in [3.63, 3.8) is 0 Å². The van der Waals surface area contributed by atoms with Gasteiger partial charge in [-0.05, 0) is 83.5 Å². The summed E-state index contributed by atoms with van der Waals surface area (Å²) in [5, 5.41) is 0. The van der Waals surface area contributed by atoms with E-state index in [9.17, 15) is 14.4 Å². The van der Waals surface area contributed by atoms with Crippen molar-refractivity contribution < 1.29 is 28.6 Å². The summed E-state index contributed by atoms with van der Waals surface area (Å²) in [5.74, 6) is -0.991. The van der Waals surface area contributed by atoms with Crippen LogP contribution in [0.5, 0.6) is 0 Å². The highest BCUT2D eigenvalue weighted by Crippen LogP contribution is 2.14. The van der Waals surface area contributed by atoms with Crippen LogP contribution in [0, 0.1) is 0 Å². The SMILES string of the molecule is CC/C=C/C=C/C=C/C=C/C=C/CCCC(=O)OCC(COC(=O)CCCCCCCCC/C=C/CCCCCC)OC(=O)CCCCCCCCC/C=C/CCCCCC. The number of carbonyl (C=O) groups is 3. The predicted octanol–water partition coefficient (Wildman–Crippen LogP) is 16.4. The topological polar surface area (TPSA) is 78.9 Å². The third-order valence-electron chi connectivity index (χ3n) is 10.5. The van der Waals surface area contributed by atoms with Gasteiger partial charge in [0.2, 0.25) is 0 Å². The van der Waals surface area contributed by atoms with Gasteiger partial charge in [0.25, 0.3) is 0 Å². The van der Waals surface area contributed by atoms with Crippen LogP contribution in [0.1, 0.15) is 226 Å². The number of rotatable bonds is 44. The van der Waals surface area contributed by atoms with Crippen molar-refractivity contribution in [3.05, 3.63) is 85.1 Å². The Labute approximate surface area is 375 Å². The minimum absolute atomic E-state index is 0.103. The molecule has 0 aromatic rings. The molecular weight excluding hydrogens is 757 g/mol. The second kappa shape index (κ2) is 49.2. The number of esters is 3. The first-order valence-electron chi connectivity index (χ1n) is 25.2. The van der Waals surface area contributed by atoms with E-state index in [2.05, 4.69) is 51.2 Å². The number of hydrogen-bond donors (Lipinski definition) is 0. The van der Waals surface area contributed by atoms with Crippen molar-refractivity contribution in [2.75, 3.05) is 13.2 Å². The molecule has 6 heteroatoms. The van der Waals surface area contributed by atoms with Crippen molar-refractivity contribution in [2.24, 2.45) is 0 Å². The summed E-state index contributed by atoms with van der Waals surface area (Å²) >= 11 is 0. The zero-order valence-electron chi connectivity index (χ0n) is 39.7. The van der Waals surface area contributed by atoms with Crippen LogP contribution in [0.25, 0.3) is 0 Å². The first-order valence-corrected chi connectivity index (χ1v) is 25.2. The maximum absolute atomic E-state index is 12.8. The van der Waals surface area contributed by atoms with E-state index >= 15 is 0 Å². The Morgan fingerprint density at radius 2 is 0.672 bits per heavy atom. The van der Waals surface area contributed by atoms with Crippen LogP contribution >= 0.6 is 0 Å². The second-order valence-electron chi connectivity index (χ2n) is 16.5. The minimum atomic E-state index is -0.808. The van der Waals surface area contributed by atoms with Crippen LogP contribution in [0.4, 0.5) is 0 Å². The van der Waals surface area contributed by atoms with Gasteiger partial charge in [-0.25, -0.2) is 0 Å². The highest BCUT2D eigenvalue weighted by atomic mass is 16.6. The van der Waals surface area contributed by atoms with E-state index in [0.29, 0.717) is 19.3 Å². The summed E-state index contributed by atoms with van der Waals surface area (Å²) in [7, 11) is 0. The Balaban J connectivity index is 4.49. The lowest BCUT2D eigenvalue weighted by molar-refractivity contribution is -0.167. The van der Waals surface area contributed by atoms with E-state index in [-0.39, 0.29) is 37.5 Å². The van der Waals surface area contributed by atoms with E-state index < -0.39 is 6.10 Å². The van der Waals surface area contributed by atoms with Gasteiger partial charge in [-0.1, -0.05) is 209 Å². The van der Waals surface area contributed by atoms with E-state index in [1.807, 2.05) is 54.7 Å². The molecule has 0 aliphatic heterocycles. The van der Waals surface area contributed by atoms with Gasteiger partial charge in [-0.2, -0.15) is 0 Å². The highest BCUT2D eigenvalue weighted by Gasteiger charge is 2.19. The van der Waals surface area contributed by atoms with Crippen molar-refractivity contribution in [1.82, 2.24) is 0 Å². The van der Waals surface area contributed by atoms with Crippen molar-refractivity contribution in [1.29, 1.82) is 0 Å². The summed E-state index contributed by atoms with van der Waals surface area (Å²) in [6.45, 7) is 6.39. The molecule has 1 atom stereocenters. The largest absolute Gasteiger partial charge is 0.462 e. The first-order chi connectivity index (χ1) is 30.0. The third-order valence-corrected chi connectivity index (χ3v) is 10.5. The number of allylic oxidation sites excluding steroid dienone is 14. The first kappa shape index (κ1) is 57.6. The van der Waals surface area contributed by atoms with Crippen molar-refractivity contribution >= 4 is 17.9 Å². The summed E-state index contributed by atoms with van der Waals surface area (Å²) in [6.07, 6.45) is 62.8. The van der Waals surface area contributed by atoms with E-state index in [1.54, 1.807) is 0 Å². The fraction of sp³-hybridized carbons (Fsp3) is 0.691. The molecule has 0 aromatic carbocycles. The average Bonchev–Trinajstić information content (AvgIpc) is 3.26. The number of unbranched alkanes of at least 4 members (excludes halogenated alkanes) is 23. The van der Waals surface area contributed by atoms with Crippen molar-refractivity contribution in [3.8, 4) is 0 Å². The zero-order chi connectivity index (χ0) is 44.4. The summed E-state index contributed by atoms with van der Waals surface area (Å²) in [6, 6.07) is 0. The molecule has 0 saturated carbocycles. The Hall–Kier alpha value is -3.41. The van der Waals surface area contributed by atoms with E-state index in [0.717, 1.165) is 51.4 Å². The number of ether oxygens (including phenoxy) is 3. The van der Waals surface area contributed by atoms with Gasteiger partial charge in [0.15, 0.2) is 6.10 Å². The molecule has 0 radical (unpaired) electrons. The van der Waals surface area contributed by atoms with Crippen LogP contribution in [0.3, 0.4) is 0 Å². The summed E-state index contributed by atoms with van der Waals surface area (Å²) < 4.78 is 16.7. The Morgan fingerprint density at radius 1 is 0.344 bits per heavy atom. The molecule has 348 valence electrons. The lowest BCUT2D eigenvalue weighted by atomic mass is 10.1. The molecule has 0 bridgehead atoms. The molecule has 0 saturated heterocycles. The number of carbonyl (C=O) groups excluding carboxylic acids is 3. The molecular formula is C55H92O6. The second-order valence-corrected chi connectivity index (χ2v) is 16.5. The normalized spacial score (nSPS) is 12.8. The third kappa shape index (κ3) is 47.5. The molecule has 0 rings (SSSR count). The van der Waals surface area contributed by atoms with Crippen LogP contribution in [0.2, 0.25) is 0 Å². The maximum atomic E-state index is 12.8. The molecule has 1 unspecified atom stereocenters. The van der Waals surface area contributed by atoms with E-state index in [4.69, 9.17) is 14.2 Å². The zero-order valence-corrected chi connectivity index (χ0v) is 39.7. The van der Waals surface area contributed by atoms with Gasteiger partial charge in [-0.15, -0.1) is 0 Å². The summed E-state index contributed by atoms with van der Waals surface area (Å²) in [4.78, 5) is 37.9. The fourth-order valence-electron chi connectivity index (χ4n) is 6.70. The monoisotopic (exact) mass is 849 g/mol. The predicted molar refractivity (Wildman–Crippen MR) is 261 cm³/mol. The molecule has 0 N–H and O–H groups in total. The maximum Gasteiger partial charge on any atom is 0.306 e. The van der Waals surface area contributed by atoms with Gasteiger partial charge in [0, 0.05) is 19.3 Å². The molecule has 0 amide bonds. The van der Waals surface area contributed by atoms with Gasteiger partial charge in [0.05, 0.1) is 0 Å². The average molecular weight is 849 g/mol. The van der Waals surface area contributed by atoms with Gasteiger partial charge < -0.3 is 14.2 Å². The fourth-order valence-corrected chi connectivity index (χ4v) is 6.70. The standard InChI is InChI=1S/C55H92O6/c1-4-7-10-13-16-19-22-25-27-30-33-36-39-42-45-48-54(57)60-51-52(50-59-53(56)47-44-41-38-35-32-29-24-21-18-15-12-9-6-3)61-55(58)49-46-43-40-37-34-31-28-26-23-20-17-14-11-8-5-2/h9,12,15,18-24,29,32,35,38,52H,4-8,10-11,13-14,16-17,25-28,30-31,33-34,36-37,39-51H2,1-3H3/b12-9+,18-15+,22-19+,23-20+,24-21+,32-29+,38-35+. The quantitative estimate of drug-likeness (QED) is 0.0200. The van der Waals surface area contributed by atoms with Gasteiger partial charge >= 0.3 is 17.9 Å². The lowest BCUT2D eigenvalue weighted by Crippen LogP contribution is -2.30. The van der Waals surface area contributed by atoms with Crippen molar-refractivity contribution in [2.45, 2.75) is 232 Å². The van der Waals surface area contributed by atoms with Gasteiger partial charge in [0.1, 0.15) is 13.2 Å². The molecule has 0 aliphatic carbocycles. The Morgan fingerprint density at radius 3 is 1.10 bits per heavy atom. The van der Waals surface area contributed by atoms with Crippen LogP contribution in [0.15, 0.2) is 85.1 Å². The molecule has 0 aromatic heterocycles. The van der Waals surface area contributed by atoms with E-state index in [1.165, 1.54) is 128 Å². The minimum Gasteiger partial charge on any atom is -0.462 e. The Bertz CT molecular complexity index is 1200.